The molecule has 134 valence electrons. The number of rotatable bonds is 5. The van der Waals surface area contributed by atoms with Crippen molar-refractivity contribution in [2.24, 2.45) is 0 Å². The molecular weight excluding hydrogens is 347 g/mol. The number of carbonyl (C=O) groups is 1. The van der Waals surface area contributed by atoms with E-state index in [1.54, 1.807) is 47.7 Å². The lowest BCUT2D eigenvalue weighted by Crippen LogP contribution is -2.23. The Morgan fingerprint density at radius 3 is 2.67 bits per heavy atom. The van der Waals surface area contributed by atoms with Crippen LogP contribution in [-0.4, -0.2) is 30.9 Å². The minimum atomic E-state index is -0.299. The number of hydrogen-bond acceptors (Lipinski definition) is 4. The lowest BCUT2D eigenvalue weighted by molar-refractivity contribution is 0.0946. The standard InChI is InChI=1S/C19H15FN6O/c20-15-3-1-13(2-4-15)14-9-18(22-10-14)19(27)23-11-16-12-26(25-24-16)17-5-7-21-8-6-17/h1-10,12,22H,11H2,(H,23,27). The molecule has 0 bridgehead atoms. The van der Waals surface area contributed by atoms with Crippen molar-refractivity contribution < 1.29 is 9.18 Å². The fraction of sp³-hybridized carbons (Fsp3) is 0.0526. The monoisotopic (exact) mass is 362 g/mol. The molecule has 4 aromatic rings. The number of carbonyl (C=O) groups excluding carboxylic acids is 1. The molecule has 0 unspecified atom stereocenters. The number of nitrogens with one attached hydrogen (secondary N) is 2. The van der Waals surface area contributed by atoms with E-state index in [0.29, 0.717) is 11.4 Å². The molecule has 0 spiro atoms. The van der Waals surface area contributed by atoms with Crippen LogP contribution in [0.15, 0.2) is 67.3 Å². The summed E-state index contributed by atoms with van der Waals surface area (Å²) in [5, 5.41) is 10.9. The summed E-state index contributed by atoms with van der Waals surface area (Å²) >= 11 is 0. The topological polar surface area (TPSA) is 88.5 Å². The van der Waals surface area contributed by atoms with Gasteiger partial charge in [0.2, 0.25) is 0 Å². The van der Waals surface area contributed by atoms with Gasteiger partial charge in [-0.15, -0.1) is 5.10 Å². The van der Waals surface area contributed by atoms with Crippen LogP contribution in [0.3, 0.4) is 0 Å². The van der Waals surface area contributed by atoms with E-state index < -0.39 is 0 Å². The maximum absolute atomic E-state index is 13.0. The van der Waals surface area contributed by atoms with Gasteiger partial charge in [-0.25, -0.2) is 9.07 Å². The molecule has 3 aromatic heterocycles. The van der Waals surface area contributed by atoms with Gasteiger partial charge in [0.1, 0.15) is 17.2 Å². The third-order valence-electron chi connectivity index (χ3n) is 4.00. The van der Waals surface area contributed by atoms with Gasteiger partial charge in [-0.2, -0.15) is 0 Å². The number of amides is 1. The molecule has 0 saturated carbocycles. The van der Waals surface area contributed by atoms with Crippen LogP contribution in [0.4, 0.5) is 4.39 Å². The molecule has 1 aromatic carbocycles. The van der Waals surface area contributed by atoms with Crippen LogP contribution in [0, 0.1) is 5.82 Å². The number of aromatic amines is 1. The molecule has 0 fully saturated rings. The first-order valence-corrected chi connectivity index (χ1v) is 8.23. The lowest BCUT2D eigenvalue weighted by atomic mass is 10.1. The smallest absolute Gasteiger partial charge is 0.268 e. The van der Waals surface area contributed by atoms with Crippen molar-refractivity contribution in [3.63, 3.8) is 0 Å². The number of hydrogen-bond donors (Lipinski definition) is 2. The zero-order valence-corrected chi connectivity index (χ0v) is 14.1. The minimum absolute atomic E-state index is 0.245. The summed E-state index contributed by atoms with van der Waals surface area (Å²) < 4.78 is 14.6. The SMILES string of the molecule is O=C(NCc1cn(-c2ccncc2)nn1)c1cc(-c2ccc(F)cc2)c[nH]1. The molecule has 0 atom stereocenters. The summed E-state index contributed by atoms with van der Waals surface area (Å²) in [4.78, 5) is 19.2. The van der Waals surface area contributed by atoms with E-state index in [2.05, 4.69) is 25.6 Å². The molecule has 2 N–H and O–H groups in total. The number of aromatic nitrogens is 5. The number of benzene rings is 1. The molecule has 0 aliphatic rings. The van der Waals surface area contributed by atoms with Crippen molar-refractivity contribution in [2.75, 3.05) is 0 Å². The quantitative estimate of drug-likeness (QED) is 0.571. The van der Waals surface area contributed by atoms with Gasteiger partial charge >= 0.3 is 0 Å². The second-order valence-electron chi connectivity index (χ2n) is 5.85. The van der Waals surface area contributed by atoms with Crippen molar-refractivity contribution in [2.45, 2.75) is 6.54 Å². The largest absolute Gasteiger partial charge is 0.357 e. The highest BCUT2D eigenvalue weighted by atomic mass is 19.1. The maximum atomic E-state index is 13.0. The van der Waals surface area contributed by atoms with Gasteiger partial charge in [-0.05, 0) is 41.5 Å². The molecule has 7 nitrogen and oxygen atoms in total. The highest BCUT2D eigenvalue weighted by molar-refractivity contribution is 5.93. The lowest BCUT2D eigenvalue weighted by Gasteiger charge is -2.00. The van der Waals surface area contributed by atoms with E-state index in [4.69, 9.17) is 0 Å². The first-order valence-electron chi connectivity index (χ1n) is 8.23. The number of nitrogens with zero attached hydrogens (tertiary/aromatic N) is 4. The van der Waals surface area contributed by atoms with Crippen molar-refractivity contribution >= 4 is 5.91 Å². The fourth-order valence-corrected chi connectivity index (χ4v) is 2.60. The summed E-state index contributed by atoms with van der Waals surface area (Å²) in [5.41, 5.74) is 3.51. The van der Waals surface area contributed by atoms with Crippen molar-refractivity contribution in [1.29, 1.82) is 0 Å². The predicted octanol–water partition coefficient (Wildman–Crippen LogP) is 2.73. The van der Waals surface area contributed by atoms with Gasteiger partial charge < -0.3 is 10.3 Å². The van der Waals surface area contributed by atoms with Crippen LogP contribution in [0.1, 0.15) is 16.2 Å². The number of halogens is 1. The van der Waals surface area contributed by atoms with E-state index in [1.165, 1.54) is 12.1 Å². The third kappa shape index (κ3) is 3.74. The zero-order chi connectivity index (χ0) is 18.6. The van der Waals surface area contributed by atoms with Crippen LogP contribution in [0.2, 0.25) is 0 Å². The van der Waals surface area contributed by atoms with Crippen LogP contribution in [0.5, 0.6) is 0 Å². The molecule has 4 rings (SSSR count). The summed E-state index contributed by atoms with van der Waals surface area (Å²) in [5.74, 6) is -0.561. The van der Waals surface area contributed by atoms with Gasteiger partial charge in [-0.1, -0.05) is 17.3 Å². The number of H-pyrrole nitrogens is 1. The fourth-order valence-electron chi connectivity index (χ4n) is 2.60. The Hall–Kier alpha value is -3.81. The predicted molar refractivity (Wildman–Crippen MR) is 96.5 cm³/mol. The van der Waals surface area contributed by atoms with Crippen LogP contribution in [0.25, 0.3) is 16.8 Å². The summed E-state index contributed by atoms with van der Waals surface area (Å²) in [6.45, 7) is 0.245. The van der Waals surface area contributed by atoms with Crippen molar-refractivity contribution in [3.8, 4) is 16.8 Å². The van der Waals surface area contributed by atoms with Gasteiger partial charge in [0.15, 0.2) is 0 Å². The Balaban J connectivity index is 1.40. The average molecular weight is 362 g/mol. The minimum Gasteiger partial charge on any atom is -0.357 e. The van der Waals surface area contributed by atoms with E-state index in [0.717, 1.165) is 16.8 Å². The molecule has 0 saturated heterocycles. The molecule has 0 aliphatic heterocycles. The van der Waals surface area contributed by atoms with E-state index in [-0.39, 0.29) is 18.3 Å². The first-order chi connectivity index (χ1) is 13.2. The first kappa shape index (κ1) is 16.6. The Bertz CT molecular complexity index is 1060. The zero-order valence-electron chi connectivity index (χ0n) is 14.1. The van der Waals surface area contributed by atoms with Crippen LogP contribution in [-0.2, 0) is 6.54 Å². The third-order valence-corrected chi connectivity index (χ3v) is 4.00. The molecule has 0 aliphatic carbocycles. The highest BCUT2D eigenvalue weighted by Gasteiger charge is 2.11. The molecule has 8 heteroatoms. The van der Waals surface area contributed by atoms with Crippen LogP contribution >= 0.6 is 0 Å². The second-order valence-corrected chi connectivity index (χ2v) is 5.85. The molecule has 1 amide bonds. The normalized spacial score (nSPS) is 10.7. The highest BCUT2D eigenvalue weighted by Crippen LogP contribution is 2.20. The molecular formula is C19H15FN6O. The van der Waals surface area contributed by atoms with Gasteiger partial charge in [0.25, 0.3) is 5.91 Å². The van der Waals surface area contributed by atoms with Crippen LogP contribution < -0.4 is 5.32 Å². The Morgan fingerprint density at radius 2 is 1.89 bits per heavy atom. The summed E-state index contributed by atoms with van der Waals surface area (Å²) in [6.07, 6.45) is 6.79. The molecule has 27 heavy (non-hydrogen) atoms. The van der Waals surface area contributed by atoms with E-state index in [9.17, 15) is 9.18 Å². The van der Waals surface area contributed by atoms with E-state index >= 15 is 0 Å². The van der Waals surface area contributed by atoms with Crippen molar-refractivity contribution in [1.82, 2.24) is 30.3 Å². The maximum Gasteiger partial charge on any atom is 0.268 e. The summed E-state index contributed by atoms with van der Waals surface area (Å²) in [7, 11) is 0. The van der Waals surface area contributed by atoms with Gasteiger partial charge in [0.05, 0.1) is 18.4 Å². The number of pyridine rings is 1. The van der Waals surface area contributed by atoms with E-state index in [1.807, 2.05) is 12.1 Å². The molecule has 3 heterocycles. The van der Waals surface area contributed by atoms with Gasteiger partial charge in [-0.3, -0.25) is 9.78 Å². The Labute approximate surface area is 153 Å². The second kappa shape index (κ2) is 7.20. The Kier molecular flexibility index (Phi) is 4.44. The average Bonchev–Trinajstić information content (AvgIpc) is 3.37. The van der Waals surface area contributed by atoms with Crippen molar-refractivity contribution in [3.05, 3.63) is 84.5 Å². The molecule has 0 radical (unpaired) electrons. The summed E-state index contributed by atoms with van der Waals surface area (Å²) in [6, 6.07) is 11.4. The van der Waals surface area contributed by atoms with Gasteiger partial charge in [0, 0.05) is 18.6 Å². The Morgan fingerprint density at radius 1 is 1.11 bits per heavy atom.